The van der Waals surface area contributed by atoms with Crippen LogP contribution in [-0.2, 0) is 21.3 Å². The Morgan fingerprint density at radius 1 is 1.04 bits per heavy atom. The highest BCUT2D eigenvalue weighted by molar-refractivity contribution is 7.90. The fourth-order valence-corrected chi connectivity index (χ4v) is 3.71. The van der Waals surface area contributed by atoms with Crippen LogP contribution >= 0.6 is 11.3 Å². The van der Waals surface area contributed by atoms with E-state index in [1.165, 1.54) is 6.26 Å². The first-order chi connectivity index (χ1) is 12.0. The molecule has 0 aliphatic heterocycles. The Hall–Kier alpha value is -2.44. The molecule has 1 heterocycles. The molecule has 0 saturated heterocycles. The van der Waals surface area contributed by atoms with Gasteiger partial charge in [0.15, 0.2) is 9.84 Å². The van der Waals surface area contributed by atoms with Crippen molar-refractivity contribution in [1.82, 2.24) is 0 Å². The van der Waals surface area contributed by atoms with Gasteiger partial charge in [-0.3, -0.25) is 0 Å². The summed E-state index contributed by atoms with van der Waals surface area (Å²) in [6.07, 6.45) is 2.89. The molecule has 0 unspecified atom stereocenters. The molecule has 4 nitrogen and oxygen atoms in total. The standard InChI is InChI=1S/C19H17NO3S2/c1-25(21,22)17-9-7-16(8-10-17)18-11-12-24-19(18)13-20-23-14-15-5-3-2-4-6-15/h2-13H,14H2,1H3/b20-13+. The number of nitrogens with zero attached hydrogens (tertiary/aromatic N) is 1. The van der Waals surface area contributed by atoms with Gasteiger partial charge in [-0.25, -0.2) is 8.42 Å². The molecule has 25 heavy (non-hydrogen) atoms. The van der Waals surface area contributed by atoms with E-state index in [0.717, 1.165) is 21.6 Å². The monoisotopic (exact) mass is 371 g/mol. The Balaban J connectivity index is 1.71. The number of hydrogen-bond acceptors (Lipinski definition) is 5. The van der Waals surface area contributed by atoms with Crippen LogP contribution < -0.4 is 0 Å². The first-order valence-electron chi connectivity index (χ1n) is 7.61. The van der Waals surface area contributed by atoms with E-state index in [1.54, 1.807) is 41.8 Å². The van der Waals surface area contributed by atoms with E-state index in [0.29, 0.717) is 11.5 Å². The summed E-state index contributed by atoms with van der Waals surface area (Å²) >= 11 is 1.55. The molecule has 0 saturated carbocycles. The third-order valence-electron chi connectivity index (χ3n) is 3.61. The smallest absolute Gasteiger partial charge is 0.175 e. The summed E-state index contributed by atoms with van der Waals surface area (Å²) in [4.78, 5) is 6.62. The Labute approximate surface area is 151 Å². The summed E-state index contributed by atoms with van der Waals surface area (Å²) in [6, 6.07) is 18.7. The lowest BCUT2D eigenvalue weighted by molar-refractivity contribution is 0.132. The number of rotatable bonds is 6. The molecule has 3 aromatic rings. The molecule has 0 aliphatic carbocycles. The predicted molar refractivity (Wildman–Crippen MR) is 102 cm³/mol. The van der Waals surface area contributed by atoms with Gasteiger partial charge in [0.2, 0.25) is 0 Å². The number of hydrogen-bond donors (Lipinski definition) is 0. The van der Waals surface area contributed by atoms with Crippen LogP contribution in [0.15, 0.2) is 76.1 Å². The van der Waals surface area contributed by atoms with Crippen molar-refractivity contribution in [3.8, 4) is 11.1 Å². The molecule has 0 aliphatic rings. The fraction of sp³-hybridized carbons (Fsp3) is 0.105. The largest absolute Gasteiger partial charge is 0.391 e. The molecule has 6 heteroatoms. The molecule has 0 spiro atoms. The fourth-order valence-electron chi connectivity index (χ4n) is 2.31. The second-order valence-corrected chi connectivity index (χ2v) is 8.45. The molecule has 0 atom stereocenters. The molecule has 0 N–H and O–H groups in total. The lowest BCUT2D eigenvalue weighted by Crippen LogP contribution is -1.96. The van der Waals surface area contributed by atoms with Crippen LogP contribution in [0.2, 0.25) is 0 Å². The van der Waals surface area contributed by atoms with Crippen LogP contribution in [0.4, 0.5) is 0 Å². The maximum absolute atomic E-state index is 11.6. The Morgan fingerprint density at radius 2 is 1.76 bits per heavy atom. The van der Waals surface area contributed by atoms with Gasteiger partial charge in [-0.05, 0) is 34.7 Å². The van der Waals surface area contributed by atoms with E-state index in [2.05, 4.69) is 5.16 Å². The third kappa shape index (κ3) is 4.55. The van der Waals surface area contributed by atoms with Gasteiger partial charge in [0, 0.05) is 11.8 Å². The van der Waals surface area contributed by atoms with Crippen LogP contribution in [0, 0.1) is 0 Å². The van der Waals surface area contributed by atoms with Crippen molar-refractivity contribution in [1.29, 1.82) is 0 Å². The summed E-state index contributed by atoms with van der Waals surface area (Å²) in [5, 5.41) is 6.01. The van der Waals surface area contributed by atoms with Gasteiger partial charge >= 0.3 is 0 Å². The third-order valence-corrected chi connectivity index (χ3v) is 5.59. The Morgan fingerprint density at radius 3 is 2.44 bits per heavy atom. The van der Waals surface area contributed by atoms with E-state index in [9.17, 15) is 8.42 Å². The summed E-state index contributed by atoms with van der Waals surface area (Å²) in [5.74, 6) is 0. The van der Waals surface area contributed by atoms with Crippen LogP contribution in [0.1, 0.15) is 10.4 Å². The minimum atomic E-state index is -3.19. The molecule has 3 rings (SSSR count). The highest BCUT2D eigenvalue weighted by Gasteiger charge is 2.09. The molecule has 0 bridgehead atoms. The zero-order chi connectivity index (χ0) is 17.7. The first-order valence-corrected chi connectivity index (χ1v) is 10.4. The second-order valence-electron chi connectivity index (χ2n) is 5.49. The SMILES string of the molecule is CS(=O)(=O)c1ccc(-c2ccsc2/C=N/OCc2ccccc2)cc1. The highest BCUT2D eigenvalue weighted by atomic mass is 32.2. The van der Waals surface area contributed by atoms with E-state index < -0.39 is 9.84 Å². The van der Waals surface area contributed by atoms with Crippen molar-refractivity contribution in [3.05, 3.63) is 76.5 Å². The van der Waals surface area contributed by atoms with Crippen LogP contribution in [0.25, 0.3) is 11.1 Å². The van der Waals surface area contributed by atoms with E-state index in [4.69, 9.17) is 4.84 Å². The number of benzene rings is 2. The van der Waals surface area contributed by atoms with Crippen molar-refractivity contribution in [3.63, 3.8) is 0 Å². The maximum atomic E-state index is 11.6. The lowest BCUT2D eigenvalue weighted by atomic mass is 10.1. The quantitative estimate of drug-likeness (QED) is 0.478. The van der Waals surface area contributed by atoms with Crippen molar-refractivity contribution in [2.75, 3.05) is 6.26 Å². The van der Waals surface area contributed by atoms with Gasteiger partial charge in [-0.2, -0.15) is 0 Å². The summed E-state index contributed by atoms with van der Waals surface area (Å²) in [6.45, 7) is 0.418. The van der Waals surface area contributed by atoms with Gasteiger partial charge in [0.25, 0.3) is 0 Å². The van der Waals surface area contributed by atoms with E-state index in [-0.39, 0.29) is 0 Å². The molecule has 0 amide bonds. The minimum absolute atomic E-state index is 0.313. The Kier molecular flexibility index (Phi) is 5.31. The van der Waals surface area contributed by atoms with Crippen molar-refractivity contribution >= 4 is 27.4 Å². The van der Waals surface area contributed by atoms with Gasteiger partial charge in [0.05, 0.1) is 16.0 Å². The molecule has 0 fully saturated rings. The molecule has 1 aromatic heterocycles. The zero-order valence-corrected chi connectivity index (χ0v) is 15.3. The summed E-state index contributed by atoms with van der Waals surface area (Å²) in [7, 11) is -3.19. The molecule has 2 aromatic carbocycles. The van der Waals surface area contributed by atoms with Crippen LogP contribution in [0.3, 0.4) is 0 Å². The lowest BCUT2D eigenvalue weighted by Gasteiger charge is -2.03. The highest BCUT2D eigenvalue weighted by Crippen LogP contribution is 2.28. The summed E-state index contributed by atoms with van der Waals surface area (Å²) < 4.78 is 23.1. The number of oxime groups is 1. The first kappa shape index (κ1) is 17.4. The molecule has 128 valence electrons. The van der Waals surface area contributed by atoms with Crippen LogP contribution in [-0.4, -0.2) is 20.9 Å². The van der Waals surface area contributed by atoms with Crippen molar-refractivity contribution < 1.29 is 13.3 Å². The van der Waals surface area contributed by atoms with Crippen LogP contribution in [0.5, 0.6) is 0 Å². The second kappa shape index (κ2) is 7.63. The minimum Gasteiger partial charge on any atom is -0.391 e. The number of thiophene rings is 1. The topological polar surface area (TPSA) is 55.7 Å². The van der Waals surface area contributed by atoms with Gasteiger partial charge < -0.3 is 4.84 Å². The van der Waals surface area contributed by atoms with E-state index >= 15 is 0 Å². The normalized spacial score (nSPS) is 11.7. The average molecular weight is 371 g/mol. The zero-order valence-electron chi connectivity index (χ0n) is 13.6. The van der Waals surface area contributed by atoms with Gasteiger partial charge in [0.1, 0.15) is 6.61 Å². The molecular formula is C19H17NO3S2. The number of sulfone groups is 1. The molecular weight excluding hydrogens is 354 g/mol. The predicted octanol–water partition coefficient (Wildman–Crippen LogP) is 4.37. The molecule has 0 radical (unpaired) electrons. The summed E-state index contributed by atoms with van der Waals surface area (Å²) in [5.41, 5.74) is 3.00. The Bertz CT molecular complexity index is 959. The van der Waals surface area contributed by atoms with E-state index in [1.807, 2.05) is 41.8 Å². The van der Waals surface area contributed by atoms with Gasteiger partial charge in [-0.15, -0.1) is 11.3 Å². The van der Waals surface area contributed by atoms with Crippen molar-refractivity contribution in [2.24, 2.45) is 5.16 Å². The van der Waals surface area contributed by atoms with Gasteiger partial charge in [-0.1, -0.05) is 47.6 Å². The maximum Gasteiger partial charge on any atom is 0.175 e. The van der Waals surface area contributed by atoms with Crippen molar-refractivity contribution in [2.45, 2.75) is 11.5 Å². The average Bonchev–Trinajstić information content (AvgIpc) is 3.07.